The normalized spacial score (nSPS) is 21.5. The Balaban J connectivity index is 2.45. The third kappa shape index (κ3) is 2.99. The zero-order chi connectivity index (χ0) is 9.90. The van der Waals surface area contributed by atoms with E-state index in [9.17, 15) is 13.2 Å². The topological polar surface area (TPSA) is 54.5 Å². The van der Waals surface area contributed by atoms with Crippen molar-refractivity contribution in [2.75, 3.05) is 24.6 Å². The van der Waals surface area contributed by atoms with Crippen LogP contribution in [0, 0.1) is 0 Å². The molecule has 0 saturated carbocycles. The fraction of sp³-hybridized carbons (Fsp3) is 0.875. The molecule has 0 aromatic carbocycles. The number of amides is 1. The van der Waals surface area contributed by atoms with Crippen molar-refractivity contribution in [3.63, 3.8) is 0 Å². The van der Waals surface area contributed by atoms with Gasteiger partial charge in [-0.3, -0.25) is 4.79 Å². The molecule has 0 aromatic heterocycles. The highest BCUT2D eigenvalue weighted by Crippen LogP contribution is 2.06. The molecule has 76 valence electrons. The lowest BCUT2D eigenvalue weighted by molar-refractivity contribution is -0.130. The summed E-state index contributed by atoms with van der Waals surface area (Å²) in [5.41, 5.74) is 0. The zero-order valence-corrected chi connectivity index (χ0v) is 8.64. The fourth-order valence-electron chi connectivity index (χ4n) is 1.33. The first-order chi connectivity index (χ1) is 6.05. The molecule has 0 atom stereocenters. The number of carbonyl (C=O) groups excluding carboxylic acids is 1. The van der Waals surface area contributed by atoms with Crippen LogP contribution in [0.15, 0.2) is 0 Å². The first kappa shape index (κ1) is 10.5. The van der Waals surface area contributed by atoms with Gasteiger partial charge in [-0.25, -0.2) is 8.42 Å². The first-order valence-corrected chi connectivity index (χ1v) is 6.35. The minimum atomic E-state index is -2.86. The van der Waals surface area contributed by atoms with Crippen molar-refractivity contribution in [1.82, 2.24) is 4.90 Å². The Labute approximate surface area is 78.8 Å². The average Bonchev–Trinajstić information content (AvgIpc) is 2.04. The summed E-state index contributed by atoms with van der Waals surface area (Å²) in [6, 6.07) is 0. The summed E-state index contributed by atoms with van der Waals surface area (Å²) in [6.45, 7) is 2.70. The Morgan fingerprint density at radius 1 is 1.31 bits per heavy atom. The average molecular weight is 205 g/mol. The lowest BCUT2D eigenvalue weighted by Crippen LogP contribution is -2.43. The smallest absolute Gasteiger partial charge is 0.222 e. The van der Waals surface area contributed by atoms with Gasteiger partial charge in [0.1, 0.15) is 0 Å². The Bertz CT molecular complexity index is 270. The summed E-state index contributed by atoms with van der Waals surface area (Å²) in [5, 5.41) is 0. The molecular weight excluding hydrogens is 190 g/mol. The van der Waals surface area contributed by atoms with Crippen LogP contribution >= 0.6 is 0 Å². The van der Waals surface area contributed by atoms with Gasteiger partial charge < -0.3 is 4.90 Å². The monoisotopic (exact) mass is 205 g/mol. The van der Waals surface area contributed by atoms with Crippen LogP contribution in [0.1, 0.15) is 19.8 Å². The molecule has 1 heterocycles. The van der Waals surface area contributed by atoms with Crippen LogP contribution in [0.5, 0.6) is 0 Å². The standard InChI is InChI=1S/C8H15NO3S/c1-2-3-8(10)9-4-6-13(11,12)7-5-9/h2-7H2,1H3. The second-order valence-corrected chi connectivity index (χ2v) is 5.59. The lowest BCUT2D eigenvalue weighted by Gasteiger charge is -2.26. The Kier molecular flexibility index (Phi) is 3.30. The summed E-state index contributed by atoms with van der Waals surface area (Å²) < 4.78 is 22.1. The Morgan fingerprint density at radius 2 is 1.85 bits per heavy atom. The summed E-state index contributed by atoms with van der Waals surface area (Å²) >= 11 is 0. The van der Waals surface area contributed by atoms with Crippen LogP contribution in [0.2, 0.25) is 0 Å². The predicted octanol–water partition coefficient (Wildman–Crippen LogP) is 0.0435. The molecule has 1 rings (SSSR count). The maximum Gasteiger partial charge on any atom is 0.222 e. The van der Waals surface area contributed by atoms with Gasteiger partial charge in [-0.1, -0.05) is 6.92 Å². The SMILES string of the molecule is CCCC(=O)N1CCS(=O)(=O)CC1. The molecule has 5 heteroatoms. The van der Waals surface area contributed by atoms with Crippen molar-refractivity contribution in [3.05, 3.63) is 0 Å². The molecule has 0 aliphatic carbocycles. The van der Waals surface area contributed by atoms with Crippen LogP contribution < -0.4 is 0 Å². The zero-order valence-electron chi connectivity index (χ0n) is 7.82. The molecule has 0 aromatic rings. The van der Waals surface area contributed by atoms with Crippen LogP contribution in [-0.4, -0.2) is 43.8 Å². The molecule has 0 bridgehead atoms. The number of carbonyl (C=O) groups is 1. The van der Waals surface area contributed by atoms with E-state index >= 15 is 0 Å². The highest BCUT2D eigenvalue weighted by Gasteiger charge is 2.23. The van der Waals surface area contributed by atoms with Crippen LogP contribution in [0.3, 0.4) is 0 Å². The molecule has 1 saturated heterocycles. The summed E-state index contributed by atoms with van der Waals surface area (Å²) in [4.78, 5) is 13.0. The molecule has 4 nitrogen and oxygen atoms in total. The van der Waals surface area contributed by atoms with E-state index in [1.165, 1.54) is 0 Å². The largest absolute Gasteiger partial charge is 0.341 e. The minimum absolute atomic E-state index is 0.0809. The quantitative estimate of drug-likeness (QED) is 0.639. The van der Waals surface area contributed by atoms with Crippen molar-refractivity contribution >= 4 is 15.7 Å². The van der Waals surface area contributed by atoms with Gasteiger partial charge in [0.05, 0.1) is 11.5 Å². The number of hydrogen-bond acceptors (Lipinski definition) is 3. The van der Waals surface area contributed by atoms with Gasteiger partial charge in [0.15, 0.2) is 9.84 Å². The predicted molar refractivity (Wildman–Crippen MR) is 50.1 cm³/mol. The van der Waals surface area contributed by atoms with Gasteiger partial charge in [0, 0.05) is 19.5 Å². The number of hydrogen-bond donors (Lipinski definition) is 0. The number of nitrogens with zero attached hydrogens (tertiary/aromatic N) is 1. The van der Waals surface area contributed by atoms with E-state index in [1.54, 1.807) is 4.90 Å². The maximum atomic E-state index is 11.3. The second kappa shape index (κ2) is 4.09. The van der Waals surface area contributed by atoms with Crippen molar-refractivity contribution in [2.24, 2.45) is 0 Å². The van der Waals surface area contributed by atoms with Crippen LogP contribution in [0.25, 0.3) is 0 Å². The van der Waals surface area contributed by atoms with E-state index in [0.717, 1.165) is 6.42 Å². The van der Waals surface area contributed by atoms with Gasteiger partial charge in [0.2, 0.25) is 5.91 Å². The van der Waals surface area contributed by atoms with Crippen molar-refractivity contribution in [3.8, 4) is 0 Å². The van der Waals surface area contributed by atoms with Crippen molar-refractivity contribution in [1.29, 1.82) is 0 Å². The Morgan fingerprint density at radius 3 is 2.31 bits per heavy atom. The van der Waals surface area contributed by atoms with E-state index in [2.05, 4.69) is 0 Å². The molecule has 0 unspecified atom stereocenters. The molecule has 1 amide bonds. The van der Waals surface area contributed by atoms with Gasteiger partial charge in [-0.05, 0) is 6.42 Å². The molecule has 1 aliphatic rings. The molecule has 1 fully saturated rings. The molecule has 0 N–H and O–H groups in total. The third-order valence-corrected chi connectivity index (χ3v) is 3.77. The summed E-state index contributed by atoms with van der Waals surface area (Å²) in [6.07, 6.45) is 1.35. The maximum absolute atomic E-state index is 11.3. The van der Waals surface area contributed by atoms with Crippen LogP contribution in [-0.2, 0) is 14.6 Å². The van der Waals surface area contributed by atoms with Crippen molar-refractivity contribution in [2.45, 2.75) is 19.8 Å². The van der Waals surface area contributed by atoms with E-state index in [4.69, 9.17) is 0 Å². The molecule has 13 heavy (non-hydrogen) atoms. The Hall–Kier alpha value is -0.580. The summed E-state index contributed by atoms with van der Waals surface area (Å²) in [5.74, 6) is 0.336. The first-order valence-electron chi connectivity index (χ1n) is 4.53. The fourth-order valence-corrected chi connectivity index (χ4v) is 2.54. The van der Waals surface area contributed by atoms with E-state index < -0.39 is 9.84 Å². The molecular formula is C8H15NO3S. The lowest BCUT2D eigenvalue weighted by atomic mass is 10.3. The highest BCUT2D eigenvalue weighted by molar-refractivity contribution is 7.91. The van der Waals surface area contributed by atoms with E-state index in [-0.39, 0.29) is 17.4 Å². The number of rotatable bonds is 2. The summed E-state index contributed by atoms with van der Waals surface area (Å²) in [7, 11) is -2.86. The van der Waals surface area contributed by atoms with E-state index in [0.29, 0.717) is 19.5 Å². The van der Waals surface area contributed by atoms with E-state index in [1.807, 2.05) is 6.92 Å². The van der Waals surface area contributed by atoms with Gasteiger partial charge in [0.25, 0.3) is 0 Å². The van der Waals surface area contributed by atoms with Gasteiger partial charge >= 0.3 is 0 Å². The molecule has 1 aliphatic heterocycles. The van der Waals surface area contributed by atoms with Crippen LogP contribution in [0.4, 0.5) is 0 Å². The molecule has 0 spiro atoms. The number of sulfone groups is 1. The second-order valence-electron chi connectivity index (χ2n) is 3.28. The highest BCUT2D eigenvalue weighted by atomic mass is 32.2. The third-order valence-electron chi connectivity index (χ3n) is 2.16. The minimum Gasteiger partial charge on any atom is -0.341 e. The van der Waals surface area contributed by atoms with Gasteiger partial charge in [-0.2, -0.15) is 0 Å². The van der Waals surface area contributed by atoms with Crippen molar-refractivity contribution < 1.29 is 13.2 Å². The van der Waals surface area contributed by atoms with Gasteiger partial charge in [-0.15, -0.1) is 0 Å². The molecule has 0 radical (unpaired) electrons.